The van der Waals surface area contributed by atoms with Gasteiger partial charge in [-0.3, -0.25) is 4.98 Å². The van der Waals surface area contributed by atoms with Crippen molar-refractivity contribution in [2.75, 3.05) is 26.4 Å². The second-order valence-corrected chi connectivity index (χ2v) is 9.81. The normalized spacial score (nSPS) is 27.4. The number of hydrogen-bond donors (Lipinski definition) is 1. The number of rotatable bonds is 5. The third-order valence-electron chi connectivity index (χ3n) is 7.49. The van der Waals surface area contributed by atoms with Crippen LogP contribution in [0.4, 0.5) is 4.39 Å². The molecule has 2 saturated heterocycles. The van der Waals surface area contributed by atoms with E-state index in [1.165, 1.54) is 17.3 Å². The first-order chi connectivity index (χ1) is 15.1. The van der Waals surface area contributed by atoms with Crippen LogP contribution in [-0.2, 0) is 27.7 Å². The Morgan fingerprint density at radius 2 is 1.97 bits per heavy atom. The summed E-state index contributed by atoms with van der Waals surface area (Å²) in [6.45, 7) is 3.09. The fourth-order valence-corrected chi connectivity index (χ4v) is 6.07. The van der Waals surface area contributed by atoms with E-state index in [1.807, 2.05) is 18.2 Å². The summed E-state index contributed by atoms with van der Waals surface area (Å²) in [6.07, 6.45) is 7.96. The highest BCUT2D eigenvalue weighted by molar-refractivity contribution is 6.31. The highest BCUT2D eigenvalue weighted by Crippen LogP contribution is 2.47. The van der Waals surface area contributed by atoms with Gasteiger partial charge in [0.15, 0.2) is 0 Å². The van der Waals surface area contributed by atoms with Crippen LogP contribution >= 0.6 is 11.6 Å². The van der Waals surface area contributed by atoms with Crippen molar-refractivity contribution in [1.29, 1.82) is 0 Å². The molecule has 0 amide bonds. The van der Waals surface area contributed by atoms with Crippen molar-refractivity contribution in [2.24, 2.45) is 0 Å². The maximum atomic E-state index is 13.6. The van der Waals surface area contributed by atoms with Crippen LogP contribution in [0.1, 0.15) is 48.9 Å². The molecule has 2 aliphatic heterocycles. The lowest BCUT2D eigenvalue weighted by Crippen LogP contribution is -2.51. The molecule has 1 aromatic carbocycles. The predicted molar refractivity (Wildman–Crippen MR) is 119 cm³/mol. The number of nitrogens with zero attached hydrogens (tertiary/aromatic N) is 1. The SMILES string of the molecule is Fc1ccc([C@]2(CCNC3Cc4cccc(Cl)c4C3)CCOC3(CCOCC3)C2)nc1. The number of nitrogens with one attached hydrogen (secondary N) is 1. The van der Waals surface area contributed by atoms with Gasteiger partial charge in [-0.05, 0) is 80.8 Å². The molecule has 1 aromatic heterocycles. The van der Waals surface area contributed by atoms with Crippen LogP contribution in [-0.4, -0.2) is 43.0 Å². The molecule has 4 nitrogen and oxygen atoms in total. The minimum Gasteiger partial charge on any atom is -0.381 e. The van der Waals surface area contributed by atoms with Gasteiger partial charge < -0.3 is 14.8 Å². The number of fused-ring (bicyclic) bond motifs is 1. The van der Waals surface area contributed by atoms with Gasteiger partial charge in [0, 0.05) is 42.0 Å². The summed E-state index contributed by atoms with van der Waals surface area (Å²) in [5.41, 5.74) is 3.36. The van der Waals surface area contributed by atoms with Crippen LogP contribution < -0.4 is 5.32 Å². The van der Waals surface area contributed by atoms with Crippen molar-refractivity contribution in [3.8, 4) is 0 Å². The number of pyridine rings is 1. The third-order valence-corrected chi connectivity index (χ3v) is 7.85. The zero-order chi connectivity index (χ0) is 21.3. The minimum atomic E-state index is -0.287. The molecule has 1 unspecified atom stereocenters. The Hall–Kier alpha value is -1.53. The molecule has 31 heavy (non-hydrogen) atoms. The molecule has 3 heterocycles. The van der Waals surface area contributed by atoms with Crippen molar-refractivity contribution in [3.63, 3.8) is 0 Å². The van der Waals surface area contributed by atoms with E-state index in [4.69, 9.17) is 21.1 Å². The first-order valence-electron chi connectivity index (χ1n) is 11.4. The molecule has 2 fully saturated rings. The number of hydrogen-bond acceptors (Lipinski definition) is 4. The Bertz CT molecular complexity index is 911. The van der Waals surface area contributed by atoms with Gasteiger partial charge in [0.2, 0.25) is 0 Å². The van der Waals surface area contributed by atoms with E-state index in [1.54, 1.807) is 6.07 Å². The zero-order valence-electron chi connectivity index (χ0n) is 17.8. The maximum Gasteiger partial charge on any atom is 0.141 e. The molecular weight excluding hydrogens is 415 g/mol. The van der Waals surface area contributed by atoms with E-state index in [2.05, 4.69) is 16.4 Å². The summed E-state index contributed by atoms with van der Waals surface area (Å²) >= 11 is 6.40. The molecule has 1 aliphatic carbocycles. The molecule has 0 bridgehead atoms. The summed E-state index contributed by atoms with van der Waals surface area (Å²) < 4.78 is 25.6. The van der Waals surface area contributed by atoms with E-state index in [-0.39, 0.29) is 16.8 Å². The van der Waals surface area contributed by atoms with Gasteiger partial charge in [-0.1, -0.05) is 23.7 Å². The molecule has 3 aliphatic rings. The third kappa shape index (κ3) is 4.38. The van der Waals surface area contributed by atoms with Crippen molar-refractivity contribution in [3.05, 3.63) is 64.2 Å². The van der Waals surface area contributed by atoms with Crippen molar-refractivity contribution >= 4 is 11.6 Å². The summed E-state index contributed by atoms with van der Waals surface area (Å²) in [6, 6.07) is 10.0. The second kappa shape index (κ2) is 8.78. The Labute approximate surface area is 188 Å². The van der Waals surface area contributed by atoms with E-state index < -0.39 is 0 Å². The summed E-state index contributed by atoms with van der Waals surface area (Å²) in [5, 5.41) is 4.65. The average molecular weight is 445 g/mol. The first-order valence-corrected chi connectivity index (χ1v) is 11.8. The first kappa shape index (κ1) is 21.3. The van der Waals surface area contributed by atoms with Gasteiger partial charge in [0.05, 0.1) is 11.8 Å². The van der Waals surface area contributed by atoms with Crippen LogP contribution in [0.2, 0.25) is 5.02 Å². The van der Waals surface area contributed by atoms with Gasteiger partial charge in [0.25, 0.3) is 0 Å². The fraction of sp³-hybridized carbons (Fsp3) is 0.560. The quantitative estimate of drug-likeness (QED) is 0.730. The Morgan fingerprint density at radius 1 is 1.10 bits per heavy atom. The molecule has 0 saturated carbocycles. The molecule has 166 valence electrons. The highest BCUT2D eigenvalue weighted by Gasteiger charge is 2.48. The van der Waals surface area contributed by atoms with Gasteiger partial charge >= 0.3 is 0 Å². The smallest absolute Gasteiger partial charge is 0.141 e. The van der Waals surface area contributed by atoms with E-state index >= 15 is 0 Å². The van der Waals surface area contributed by atoms with Crippen LogP contribution in [0.5, 0.6) is 0 Å². The van der Waals surface area contributed by atoms with Crippen LogP contribution in [0.25, 0.3) is 0 Å². The van der Waals surface area contributed by atoms with Crippen LogP contribution in [0, 0.1) is 5.82 Å². The van der Waals surface area contributed by atoms with Crippen molar-refractivity contribution < 1.29 is 13.9 Å². The molecule has 0 radical (unpaired) electrons. The van der Waals surface area contributed by atoms with E-state index in [9.17, 15) is 4.39 Å². The Morgan fingerprint density at radius 3 is 2.74 bits per heavy atom. The fourth-order valence-electron chi connectivity index (χ4n) is 5.80. The largest absolute Gasteiger partial charge is 0.381 e. The van der Waals surface area contributed by atoms with Crippen molar-refractivity contribution in [1.82, 2.24) is 10.3 Å². The average Bonchev–Trinajstić information content (AvgIpc) is 3.19. The molecular formula is C25H30ClFN2O2. The summed E-state index contributed by atoms with van der Waals surface area (Å²) in [5.74, 6) is -0.287. The van der Waals surface area contributed by atoms with Gasteiger partial charge in [0.1, 0.15) is 5.82 Å². The molecule has 2 atom stereocenters. The van der Waals surface area contributed by atoms with E-state index in [0.717, 1.165) is 75.4 Å². The van der Waals surface area contributed by atoms with Crippen LogP contribution in [0.15, 0.2) is 36.5 Å². The summed E-state index contributed by atoms with van der Waals surface area (Å²) in [4.78, 5) is 4.54. The zero-order valence-corrected chi connectivity index (χ0v) is 18.6. The molecule has 1 spiro atoms. The lowest BCUT2D eigenvalue weighted by Gasteiger charge is -2.49. The molecule has 1 N–H and O–H groups in total. The lowest BCUT2D eigenvalue weighted by molar-refractivity contribution is -0.154. The highest BCUT2D eigenvalue weighted by atomic mass is 35.5. The summed E-state index contributed by atoms with van der Waals surface area (Å²) in [7, 11) is 0. The Kier molecular flexibility index (Phi) is 6.04. The molecule has 5 rings (SSSR count). The molecule has 6 heteroatoms. The standard InChI is InChI=1S/C25H30ClFN2O2/c26-22-3-1-2-18-14-20(15-21(18)22)28-10-6-24(23-5-4-19(27)16-29-23)7-13-31-25(17-24)8-11-30-12-9-25/h1-5,16,20,28H,6-15,17H2/t20?,24-/m1/s1. The van der Waals surface area contributed by atoms with E-state index in [0.29, 0.717) is 12.6 Å². The lowest BCUT2D eigenvalue weighted by atomic mass is 9.66. The molecule has 2 aromatic rings. The van der Waals surface area contributed by atoms with Crippen LogP contribution in [0.3, 0.4) is 0 Å². The van der Waals surface area contributed by atoms with Gasteiger partial charge in [-0.25, -0.2) is 4.39 Å². The monoisotopic (exact) mass is 444 g/mol. The number of benzene rings is 1. The predicted octanol–water partition coefficient (Wildman–Crippen LogP) is 4.62. The number of aromatic nitrogens is 1. The van der Waals surface area contributed by atoms with Gasteiger partial charge in [-0.15, -0.1) is 0 Å². The number of ether oxygens (including phenoxy) is 2. The topological polar surface area (TPSA) is 43.4 Å². The minimum absolute atomic E-state index is 0.112. The maximum absolute atomic E-state index is 13.6. The second-order valence-electron chi connectivity index (χ2n) is 9.40. The Balaban J connectivity index is 1.31. The van der Waals surface area contributed by atoms with Crippen molar-refractivity contribution in [2.45, 2.75) is 62.0 Å². The number of halogens is 2. The van der Waals surface area contributed by atoms with Gasteiger partial charge in [-0.2, -0.15) is 0 Å².